The van der Waals surface area contributed by atoms with Crippen molar-refractivity contribution in [1.29, 1.82) is 0 Å². The molecule has 1 atom stereocenters. The average Bonchev–Trinajstić information content (AvgIpc) is 3.26. The SMILES string of the molecule is Nc1nc(NC2Cc3ccccc3N(C(=O)CCc3ccccc3)C2)c2cn[nH]c2n1. The molecule has 0 aliphatic carbocycles. The van der Waals surface area contributed by atoms with Crippen LogP contribution in [-0.4, -0.2) is 38.7 Å². The van der Waals surface area contributed by atoms with Crippen molar-refractivity contribution in [3.8, 4) is 0 Å². The molecule has 5 rings (SSSR count). The van der Waals surface area contributed by atoms with Gasteiger partial charge in [0.05, 0.1) is 11.6 Å². The highest BCUT2D eigenvalue weighted by molar-refractivity contribution is 5.95. The van der Waals surface area contributed by atoms with Crippen molar-refractivity contribution in [2.24, 2.45) is 0 Å². The first-order valence-corrected chi connectivity index (χ1v) is 10.3. The first-order valence-electron chi connectivity index (χ1n) is 10.3. The molecule has 4 N–H and O–H groups in total. The third-order valence-electron chi connectivity index (χ3n) is 5.59. The standard InChI is InChI=1S/C23H23N7O/c24-23-27-21(18-13-25-29-22(18)28-23)26-17-12-16-8-4-5-9-19(16)30(14-17)20(31)11-10-15-6-2-1-3-7-15/h1-9,13,17H,10-12,14H2,(H4,24,25,26,27,28,29). The number of benzene rings is 2. The van der Waals surface area contributed by atoms with Gasteiger partial charge in [-0.3, -0.25) is 9.89 Å². The van der Waals surface area contributed by atoms with Gasteiger partial charge in [-0.15, -0.1) is 0 Å². The number of amides is 1. The first kappa shape index (κ1) is 19.0. The molecular weight excluding hydrogens is 390 g/mol. The molecule has 1 aliphatic heterocycles. The van der Waals surface area contributed by atoms with E-state index < -0.39 is 0 Å². The van der Waals surface area contributed by atoms with E-state index in [1.807, 2.05) is 41.3 Å². The quantitative estimate of drug-likeness (QED) is 0.464. The number of fused-ring (bicyclic) bond motifs is 2. The number of H-pyrrole nitrogens is 1. The Morgan fingerprint density at radius 3 is 2.81 bits per heavy atom. The Hall–Kier alpha value is -3.94. The van der Waals surface area contributed by atoms with Crippen molar-refractivity contribution < 1.29 is 4.79 Å². The van der Waals surface area contributed by atoms with Gasteiger partial charge in [0.15, 0.2) is 5.65 Å². The van der Waals surface area contributed by atoms with E-state index in [2.05, 4.69) is 43.7 Å². The van der Waals surface area contributed by atoms with Gasteiger partial charge in [-0.2, -0.15) is 15.1 Å². The van der Waals surface area contributed by atoms with Gasteiger partial charge < -0.3 is 16.0 Å². The number of hydrogen-bond acceptors (Lipinski definition) is 6. The Balaban J connectivity index is 1.38. The van der Waals surface area contributed by atoms with E-state index in [1.165, 1.54) is 0 Å². The van der Waals surface area contributed by atoms with Crippen molar-refractivity contribution in [2.75, 3.05) is 22.5 Å². The molecule has 0 fully saturated rings. The van der Waals surface area contributed by atoms with E-state index in [0.29, 0.717) is 30.9 Å². The molecule has 156 valence electrons. The summed E-state index contributed by atoms with van der Waals surface area (Å²) in [5.74, 6) is 0.905. The number of aryl methyl sites for hydroxylation is 1. The minimum absolute atomic E-state index is 0.0111. The number of nitrogen functional groups attached to an aromatic ring is 1. The lowest BCUT2D eigenvalue weighted by atomic mass is 9.97. The maximum absolute atomic E-state index is 13.2. The van der Waals surface area contributed by atoms with Crippen LogP contribution in [0.1, 0.15) is 17.5 Å². The smallest absolute Gasteiger partial charge is 0.227 e. The highest BCUT2D eigenvalue weighted by Gasteiger charge is 2.28. The van der Waals surface area contributed by atoms with Gasteiger partial charge >= 0.3 is 0 Å². The zero-order valence-corrected chi connectivity index (χ0v) is 17.0. The highest BCUT2D eigenvalue weighted by Crippen LogP contribution is 2.30. The Morgan fingerprint density at radius 1 is 1.13 bits per heavy atom. The normalized spacial score (nSPS) is 15.6. The van der Waals surface area contributed by atoms with Crippen LogP contribution in [0.3, 0.4) is 0 Å². The van der Waals surface area contributed by atoms with Crippen LogP contribution in [0, 0.1) is 0 Å². The van der Waals surface area contributed by atoms with E-state index in [-0.39, 0.29) is 17.9 Å². The summed E-state index contributed by atoms with van der Waals surface area (Å²) in [6.07, 6.45) is 3.63. The third kappa shape index (κ3) is 3.92. The van der Waals surface area contributed by atoms with Gasteiger partial charge in [0.2, 0.25) is 11.9 Å². The van der Waals surface area contributed by atoms with Crippen LogP contribution < -0.4 is 16.0 Å². The second-order valence-electron chi connectivity index (χ2n) is 7.73. The molecule has 0 bridgehead atoms. The zero-order chi connectivity index (χ0) is 21.2. The molecule has 2 aromatic heterocycles. The summed E-state index contributed by atoms with van der Waals surface area (Å²) in [6.45, 7) is 0.549. The highest BCUT2D eigenvalue weighted by atomic mass is 16.2. The number of nitrogens with zero attached hydrogens (tertiary/aromatic N) is 4. The van der Waals surface area contributed by atoms with Gasteiger partial charge in [-0.25, -0.2) is 0 Å². The van der Waals surface area contributed by atoms with Crippen molar-refractivity contribution in [3.05, 3.63) is 71.9 Å². The molecule has 0 radical (unpaired) electrons. The molecule has 2 aromatic carbocycles. The van der Waals surface area contributed by atoms with Gasteiger partial charge in [0, 0.05) is 24.7 Å². The Kier molecular flexibility index (Phi) is 4.95. The summed E-state index contributed by atoms with van der Waals surface area (Å²) in [4.78, 5) is 23.6. The summed E-state index contributed by atoms with van der Waals surface area (Å²) in [5.41, 5.74) is 9.72. The summed E-state index contributed by atoms with van der Waals surface area (Å²) >= 11 is 0. The minimum Gasteiger partial charge on any atom is -0.368 e. The number of carbonyl (C=O) groups is 1. The van der Waals surface area contributed by atoms with Crippen molar-refractivity contribution in [3.63, 3.8) is 0 Å². The number of nitrogens with two attached hydrogens (primary N) is 1. The fraction of sp³-hybridized carbons (Fsp3) is 0.217. The molecule has 8 heteroatoms. The lowest BCUT2D eigenvalue weighted by molar-refractivity contribution is -0.118. The van der Waals surface area contributed by atoms with Crippen molar-refractivity contribution >= 4 is 34.4 Å². The van der Waals surface area contributed by atoms with E-state index in [4.69, 9.17) is 5.73 Å². The average molecular weight is 413 g/mol. The number of para-hydroxylation sites is 1. The number of carbonyl (C=O) groups excluding carboxylic acids is 1. The van der Waals surface area contributed by atoms with Gasteiger partial charge in [-0.1, -0.05) is 48.5 Å². The van der Waals surface area contributed by atoms with E-state index in [1.54, 1.807) is 6.20 Å². The lowest BCUT2D eigenvalue weighted by Gasteiger charge is -2.35. The molecule has 8 nitrogen and oxygen atoms in total. The molecule has 4 aromatic rings. The Bertz CT molecular complexity index is 1220. The van der Waals surface area contributed by atoms with Crippen LogP contribution in [-0.2, 0) is 17.6 Å². The monoisotopic (exact) mass is 413 g/mol. The van der Waals surface area contributed by atoms with E-state index in [9.17, 15) is 4.79 Å². The molecule has 31 heavy (non-hydrogen) atoms. The summed E-state index contributed by atoms with van der Waals surface area (Å²) in [5, 5.41) is 11.1. The maximum atomic E-state index is 13.2. The van der Waals surface area contributed by atoms with Crippen LogP contribution in [0.4, 0.5) is 17.5 Å². The summed E-state index contributed by atoms with van der Waals surface area (Å²) < 4.78 is 0. The van der Waals surface area contributed by atoms with Crippen molar-refractivity contribution in [1.82, 2.24) is 20.2 Å². The number of nitrogens with one attached hydrogen (secondary N) is 2. The summed E-state index contributed by atoms with van der Waals surface area (Å²) in [6, 6.07) is 18.2. The largest absolute Gasteiger partial charge is 0.368 e. The second kappa shape index (κ2) is 8.06. The van der Waals surface area contributed by atoms with Crippen LogP contribution in [0.2, 0.25) is 0 Å². The molecule has 1 aliphatic rings. The third-order valence-corrected chi connectivity index (χ3v) is 5.59. The van der Waals surface area contributed by atoms with E-state index >= 15 is 0 Å². The zero-order valence-electron chi connectivity index (χ0n) is 17.0. The second-order valence-corrected chi connectivity index (χ2v) is 7.73. The fourth-order valence-electron chi connectivity index (χ4n) is 4.11. The molecule has 3 heterocycles. The maximum Gasteiger partial charge on any atom is 0.227 e. The molecule has 1 amide bonds. The lowest BCUT2D eigenvalue weighted by Crippen LogP contribution is -2.45. The molecule has 0 spiro atoms. The van der Waals surface area contributed by atoms with Gasteiger partial charge in [-0.05, 0) is 30.0 Å². The number of hydrogen-bond donors (Lipinski definition) is 3. The Labute approximate surface area is 179 Å². The first-order chi connectivity index (χ1) is 15.2. The number of rotatable bonds is 5. The number of aromatic nitrogens is 4. The molecular formula is C23H23N7O. The van der Waals surface area contributed by atoms with Crippen LogP contribution in [0.15, 0.2) is 60.8 Å². The molecule has 0 saturated carbocycles. The van der Waals surface area contributed by atoms with Gasteiger partial charge in [0.1, 0.15) is 5.82 Å². The molecule has 0 saturated heterocycles. The van der Waals surface area contributed by atoms with Crippen molar-refractivity contribution in [2.45, 2.75) is 25.3 Å². The summed E-state index contributed by atoms with van der Waals surface area (Å²) in [7, 11) is 0. The van der Waals surface area contributed by atoms with E-state index in [0.717, 1.165) is 28.6 Å². The minimum atomic E-state index is -0.0111. The van der Waals surface area contributed by atoms with Gasteiger partial charge in [0.25, 0.3) is 0 Å². The Morgan fingerprint density at radius 2 is 1.94 bits per heavy atom. The predicted molar refractivity (Wildman–Crippen MR) is 121 cm³/mol. The van der Waals surface area contributed by atoms with Crippen LogP contribution in [0.5, 0.6) is 0 Å². The molecule has 1 unspecified atom stereocenters. The number of anilines is 3. The van der Waals surface area contributed by atoms with Crippen LogP contribution >= 0.6 is 0 Å². The predicted octanol–water partition coefficient (Wildman–Crippen LogP) is 2.94. The number of aromatic amines is 1. The van der Waals surface area contributed by atoms with Crippen LogP contribution in [0.25, 0.3) is 11.0 Å². The fourth-order valence-corrected chi connectivity index (χ4v) is 4.11. The topological polar surface area (TPSA) is 113 Å².